The van der Waals surface area contributed by atoms with E-state index >= 15 is 0 Å². The maximum atomic E-state index is 12.5. The summed E-state index contributed by atoms with van der Waals surface area (Å²) >= 11 is 0. The van der Waals surface area contributed by atoms with Gasteiger partial charge < -0.3 is 20.5 Å². The van der Waals surface area contributed by atoms with Crippen LogP contribution in [0.25, 0.3) is 5.52 Å². The highest BCUT2D eigenvalue weighted by atomic mass is 16.6. The van der Waals surface area contributed by atoms with Crippen molar-refractivity contribution in [2.24, 2.45) is 17.8 Å². The average Bonchev–Trinajstić information content (AvgIpc) is 3.10. The molecule has 6 rings (SSSR count). The average molecular weight is 427 g/mol. The Morgan fingerprint density at radius 1 is 1.23 bits per heavy atom. The zero-order chi connectivity index (χ0) is 22.0. The maximum Gasteiger partial charge on any atom is 0.408 e. The van der Waals surface area contributed by atoms with E-state index < -0.39 is 11.6 Å². The van der Waals surface area contributed by atoms with E-state index in [9.17, 15) is 14.7 Å². The number of anilines is 1. The Morgan fingerprint density at radius 3 is 2.58 bits per heavy atom. The van der Waals surface area contributed by atoms with Crippen molar-refractivity contribution in [1.29, 1.82) is 0 Å². The second-order valence-corrected chi connectivity index (χ2v) is 10.6. The minimum atomic E-state index is -0.981. The van der Waals surface area contributed by atoms with Crippen molar-refractivity contribution in [2.75, 3.05) is 5.32 Å². The number of nitrogens with one attached hydrogen (secondary N) is 2. The Kier molecular flexibility index (Phi) is 4.46. The molecule has 4 aliphatic carbocycles. The summed E-state index contributed by atoms with van der Waals surface area (Å²) in [5.74, 6) is 0.373. The minimum absolute atomic E-state index is 0.185. The third kappa shape index (κ3) is 3.62. The number of rotatable bonds is 4. The van der Waals surface area contributed by atoms with Gasteiger partial charge in [-0.05, 0) is 82.8 Å². The second-order valence-electron chi connectivity index (χ2n) is 10.6. The van der Waals surface area contributed by atoms with E-state index in [2.05, 4.69) is 15.7 Å². The Morgan fingerprint density at radius 2 is 1.94 bits per heavy atom. The lowest BCUT2D eigenvalue weighted by Crippen LogP contribution is -2.65. The van der Waals surface area contributed by atoms with Gasteiger partial charge >= 0.3 is 12.1 Å². The number of fused-ring (bicyclic) bond motifs is 1. The van der Waals surface area contributed by atoms with Crippen LogP contribution in [0.3, 0.4) is 0 Å². The van der Waals surface area contributed by atoms with Crippen molar-refractivity contribution in [2.45, 2.75) is 70.1 Å². The van der Waals surface area contributed by atoms with Crippen molar-refractivity contribution in [3.05, 3.63) is 30.1 Å². The standard InChI is InChI=1S/C23H30N4O4/c1-22(2,3)31-21(30)26-23-9-13-7-14(10-23)18(15(8-13)11-23)25-19-16(20(28)29)12-24-27-6-4-5-17(19)27/h4-6,12-15,18,25H,7-11H2,1-3H3,(H,26,30)(H,28,29). The van der Waals surface area contributed by atoms with E-state index in [-0.39, 0.29) is 23.2 Å². The van der Waals surface area contributed by atoms with E-state index in [4.69, 9.17) is 4.74 Å². The molecule has 8 nitrogen and oxygen atoms in total. The third-order valence-electron chi connectivity index (χ3n) is 7.15. The fourth-order valence-electron chi connectivity index (χ4n) is 6.41. The van der Waals surface area contributed by atoms with Gasteiger partial charge in [-0.3, -0.25) is 0 Å². The number of aromatic nitrogens is 2. The van der Waals surface area contributed by atoms with Gasteiger partial charge in [0, 0.05) is 17.8 Å². The zero-order valence-corrected chi connectivity index (χ0v) is 18.2. The number of carbonyl (C=O) groups is 2. The number of hydrogen-bond acceptors (Lipinski definition) is 5. The number of hydrogen-bond donors (Lipinski definition) is 3. The largest absolute Gasteiger partial charge is 0.478 e. The molecule has 1 amide bonds. The normalized spacial score (nSPS) is 31.6. The number of carboxylic acids is 1. The van der Waals surface area contributed by atoms with Crippen LogP contribution in [0.2, 0.25) is 0 Å². The first kappa shape index (κ1) is 20.2. The number of nitrogens with zero attached hydrogens (tertiary/aromatic N) is 2. The first-order valence-electron chi connectivity index (χ1n) is 11.1. The van der Waals surface area contributed by atoms with Crippen LogP contribution in [0.1, 0.15) is 63.2 Å². The second kappa shape index (κ2) is 6.87. The highest BCUT2D eigenvalue weighted by Gasteiger charge is 2.56. The molecular weight excluding hydrogens is 396 g/mol. The van der Waals surface area contributed by atoms with Crippen molar-refractivity contribution in [3.63, 3.8) is 0 Å². The van der Waals surface area contributed by atoms with E-state index in [1.54, 1.807) is 4.52 Å². The van der Waals surface area contributed by atoms with Gasteiger partial charge in [0.15, 0.2) is 0 Å². The molecule has 2 heterocycles. The molecule has 0 radical (unpaired) electrons. The lowest BCUT2D eigenvalue weighted by atomic mass is 9.51. The van der Waals surface area contributed by atoms with Crippen molar-refractivity contribution < 1.29 is 19.4 Å². The Hall–Kier alpha value is -2.77. The third-order valence-corrected chi connectivity index (χ3v) is 7.15. The van der Waals surface area contributed by atoms with Gasteiger partial charge in [-0.25, -0.2) is 14.1 Å². The molecule has 2 aromatic heterocycles. The van der Waals surface area contributed by atoms with Gasteiger partial charge in [0.05, 0.1) is 17.4 Å². The molecule has 0 aromatic carbocycles. The molecule has 8 heteroatoms. The predicted octanol–water partition coefficient (Wildman–Crippen LogP) is 3.92. The summed E-state index contributed by atoms with van der Waals surface area (Å²) in [6.45, 7) is 5.63. The number of carbonyl (C=O) groups excluding carboxylic acids is 1. The van der Waals surface area contributed by atoms with Crippen molar-refractivity contribution in [3.8, 4) is 0 Å². The molecule has 166 valence electrons. The molecular formula is C23H30N4O4. The minimum Gasteiger partial charge on any atom is -0.478 e. The topological polar surface area (TPSA) is 105 Å². The molecule has 2 atom stereocenters. The SMILES string of the molecule is CC(C)(C)OC(=O)NC12CC3CC(C1)C(Nc1c(C(=O)O)cnn4cccc14)C(C3)C2. The summed E-state index contributed by atoms with van der Waals surface area (Å²) in [7, 11) is 0. The smallest absolute Gasteiger partial charge is 0.408 e. The number of amides is 1. The van der Waals surface area contributed by atoms with Crippen LogP contribution < -0.4 is 10.6 Å². The van der Waals surface area contributed by atoms with Gasteiger partial charge in [-0.2, -0.15) is 5.10 Å². The summed E-state index contributed by atoms with van der Waals surface area (Å²) in [6, 6.07) is 3.95. The van der Waals surface area contributed by atoms with Gasteiger partial charge in [-0.15, -0.1) is 0 Å². The highest BCUT2D eigenvalue weighted by Crippen LogP contribution is 2.56. The van der Waals surface area contributed by atoms with Gasteiger partial charge in [0.2, 0.25) is 0 Å². The molecule has 0 aliphatic heterocycles. The molecule has 31 heavy (non-hydrogen) atoms. The first-order chi connectivity index (χ1) is 14.6. The van der Waals surface area contributed by atoms with Crippen LogP contribution in [0, 0.1) is 17.8 Å². The van der Waals surface area contributed by atoms with E-state index in [1.807, 2.05) is 39.1 Å². The van der Waals surface area contributed by atoms with E-state index in [1.165, 1.54) is 6.20 Å². The Labute approximate surface area is 181 Å². The van der Waals surface area contributed by atoms with Gasteiger partial charge in [0.1, 0.15) is 11.2 Å². The van der Waals surface area contributed by atoms with Crippen molar-refractivity contribution >= 4 is 23.3 Å². The first-order valence-corrected chi connectivity index (χ1v) is 11.1. The van der Waals surface area contributed by atoms with Crippen LogP contribution >= 0.6 is 0 Å². The highest BCUT2D eigenvalue weighted by molar-refractivity contribution is 5.98. The number of carboxylic acid groups (broad SMARTS) is 1. The molecule has 0 saturated heterocycles. The molecule has 2 unspecified atom stereocenters. The van der Waals surface area contributed by atoms with Crippen LogP contribution in [-0.2, 0) is 4.74 Å². The predicted molar refractivity (Wildman–Crippen MR) is 115 cm³/mol. The lowest BCUT2D eigenvalue weighted by Gasteiger charge is -2.60. The quantitative estimate of drug-likeness (QED) is 0.684. The number of aromatic carboxylic acids is 1. The summed E-state index contributed by atoms with van der Waals surface area (Å²) in [5, 5.41) is 20.8. The fraction of sp³-hybridized carbons (Fsp3) is 0.609. The lowest BCUT2D eigenvalue weighted by molar-refractivity contribution is -0.0348. The molecule has 4 fully saturated rings. The van der Waals surface area contributed by atoms with Crippen LogP contribution in [0.15, 0.2) is 24.5 Å². The van der Waals surface area contributed by atoms with E-state index in [0.717, 1.165) is 37.6 Å². The van der Waals surface area contributed by atoms with Crippen LogP contribution in [0.4, 0.5) is 10.5 Å². The summed E-state index contributed by atoms with van der Waals surface area (Å²) in [5.41, 5.74) is 0.874. The molecule has 4 aliphatic rings. The van der Waals surface area contributed by atoms with Crippen LogP contribution in [-0.4, -0.2) is 44.0 Å². The zero-order valence-electron chi connectivity index (χ0n) is 18.2. The molecule has 3 N–H and O–H groups in total. The molecule has 4 bridgehead atoms. The maximum absolute atomic E-state index is 12.5. The monoisotopic (exact) mass is 426 g/mol. The summed E-state index contributed by atoms with van der Waals surface area (Å²) < 4.78 is 7.24. The Bertz CT molecular complexity index is 1020. The summed E-state index contributed by atoms with van der Waals surface area (Å²) in [6.07, 6.45) is 7.90. The number of alkyl carbamates (subject to hydrolysis) is 1. The van der Waals surface area contributed by atoms with Crippen LogP contribution in [0.5, 0.6) is 0 Å². The Balaban J connectivity index is 1.40. The molecule has 2 aromatic rings. The van der Waals surface area contributed by atoms with Crippen molar-refractivity contribution in [1.82, 2.24) is 14.9 Å². The molecule has 0 spiro atoms. The van der Waals surface area contributed by atoms with Gasteiger partial charge in [0.25, 0.3) is 0 Å². The van der Waals surface area contributed by atoms with Gasteiger partial charge in [-0.1, -0.05) is 0 Å². The molecule has 4 saturated carbocycles. The fourth-order valence-corrected chi connectivity index (χ4v) is 6.41. The van der Waals surface area contributed by atoms with E-state index in [0.29, 0.717) is 23.4 Å². The number of ether oxygens (including phenoxy) is 1. The summed E-state index contributed by atoms with van der Waals surface area (Å²) in [4.78, 5) is 24.4.